The Hall–Kier alpha value is -1.91. The molecule has 5 heteroatoms. The lowest BCUT2D eigenvalue weighted by atomic mass is 10.1. The normalized spacial score (nSPS) is 13.7. The van der Waals surface area contributed by atoms with Crippen molar-refractivity contribution in [3.05, 3.63) is 33.9 Å². The molecule has 1 amide bonds. The molecule has 0 atom stereocenters. The molecule has 1 aromatic carbocycles. The molecular weight excluding hydrogens is 244 g/mol. The van der Waals surface area contributed by atoms with Crippen molar-refractivity contribution in [3.63, 3.8) is 0 Å². The number of nitrogens with zero attached hydrogens (tertiary/aromatic N) is 2. The summed E-state index contributed by atoms with van der Waals surface area (Å²) in [5, 5.41) is 10.8. The molecule has 0 bridgehead atoms. The van der Waals surface area contributed by atoms with Crippen molar-refractivity contribution < 1.29 is 9.72 Å². The van der Waals surface area contributed by atoms with Crippen LogP contribution in [0.3, 0.4) is 0 Å². The molecule has 0 N–H and O–H groups in total. The average Bonchev–Trinajstić information content (AvgIpc) is 2.78. The van der Waals surface area contributed by atoms with Crippen LogP contribution in [0.4, 0.5) is 11.4 Å². The smallest absolute Gasteiger partial charge is 0.271 e. The van der Waals surface area contributed by atoms with Gasteiger partial charge in [-0.05, 0) is 24.3 Å². The van der Waals surface area contributed by atoms with E-state index in [-0.39, 0.29) is 11.6 Å². The van der Waals surface area contributed by atoms with E-state index in [0.717, 1.165) is 18.4 Å². The van der Waals surface area contributed by atoms with Gasteiger partial charge >= 0.3 is 0 Å². The van der Waals surface area contributed by atoms with Crippen molar-refractivity contribution in [2.24, 2.45) is 5.92 Å². The molecule has 19 heavy (non-hydrogen) atoms. The zero-order valence-electron chi connectivity index (χ0n) is 11.3. The summed E-state index contributed by atoms with van der Waals surface area (Å²) >= 11 is 0. The monoisotopic (exact) mass is 262 g/mol. The number of nitro benzene ring substituents is 1. The van der Waals surface area contributed by atoms with E-state index < -0.39 is 4.92 Å². The second-order valence-electron chi connectivity index (χ2n) is 5.30. The molecule has 5 nitrogen and oxygen atoms in total. The van der Waals surface area contributed by atoms with E-state index in [4.69, 9.17) is 0 Å². The molecule has 1 aliphatic heterocycles. The van der Waals surface area contributed by atoms with Crippen LogP contribution in [0.15, 0.2) is 18.2 Å². The fourth-order valence-corrected chi connectivity index (χ4v) is 2.29. The number of benzene rings is 1. The minimum atomic E-state index is -0.421. The largest absolute Gasteiger partial charge is 0.312 e. The number of carbonyl (C=O) groups excluding carboxylic acids is 1. The Morgan fingerprint density at radius 2 is 2.21 bits per heavy atom. The van der Waals surface area contributed by atoms with E-state index in [1.54, 1.807) is 11.0 Å². The highest BCUT2D eigenvalue weighted by atomic mass is 16.6. The Bertz CT molecular complexity index is 511. The molecule has 0 saturated heterocycles. The number of rotatable bonds is 4. The summed E-state index contributed by atoms with van der Waals surface area (Å²) in [6.45, 7) is 4.79. The number of nitro groups is 1. The molecule has 0 aliphatic carbocycles. The third kappa shape index (κ3) is 2.92. The predicted molar refractivity (Wildman–Crippen MR) is 73.2 cm³/mol. The van der Waals surface area contributed by atoms with Crippen LogP contribution in [0.25, 0.3) is 0 Å². The standard InChI is InChI=1S/C14H18N2O3/c1-10(2)3-6-14(17)15-8-7-11-4-5-12(16(18)19)9-13(11)15/h4-5,9-10H,3,6-8H2,1-2H3. The molecule has 2 rings (SSSR count). The van der Waals surface area contributed by atoms with Crippen molar-refractivity contribution in [3.8, 4) is 0 Å². The Morgan fingerprint density at radius 1 is 1.47 bits per heavy atom. The lowest BCUT2D eigenvalue weighted by Gasteiger charge is -2.17. The van der Waals surface area contributed by atoms with Gasteiger partial charge < -0.3 is 4.90 Å². The third-order valence-corrected chi connectivity index (χ3v) is 3.41. The number of amides is 1. The molecule has 102 valence electrons. The zero-order chi connectivity index (χ0) is 14.0. The number of fused-ring (bicyclic) bond motifs is 1. The van der Waals surface area contributed by atoms with Gasteiger partial charge in [0, 0.05) is 25.1 Å². The Kier molecular flexibility index (Phi) is 3.83. The zero-order valence-corrected chi connectivity index (χ0v) is 11.3. The van der Waals surface area contributed by atoms with Gasteiger partial charge in [0.1, 0.15) is 0 Å². The molecular formula is C14H18N2O3. The van der Waals surface area contributed by atoms with Gasteiger partial charge in [0.25, 0.3) is 5.69 Å². The molecule has 0 saturated carbocycles. The summed E-state index contributed by atoms with van der Waals surface area (Å²) in [6, 6.07) is 4.76. The molecule has 1 aliphatic rings. The van der Waals surface area contributed by atoms with Crippen molar-refractivity contribution in [1.29, 1.82) is 0 Å². The number of carbonyl (C=O) groups is 1. The average molecular weight is 262 g/mol. The molecule has 0 spiro atoms. The van der Waals surface area contributed by atoms with Gasteiger partial charge in [0.15, 0.2) is 0 Å². The van der Waals surface area contributed by atoms with Gasteiger partial charge in [-0.1, -0.05) is 19.9 Å². The maximum atomic E-state index is 12.1. The molecule has 0 fully saturated rings. The summed E-state index contributed by atoms with van der Waals surface area (Å²) in [5.74, 6) is 0.545. The van der Waals surface area contributed by atoms with Crippen molar-refractivity contribution in [2.75, 3.05) is 11.4 Å². The molecule has 0 aromatic heterocycles. The summed E-state index contributed by atoms with van der Waals surface area (Å²) in [5.41, 5.74) is 1.77. The third-order valence-electron chi connectivity index (χ3n) is 3.41. The van der Waals surface area contributed by atoms with Crippen LogP contribution in [0, 0.1) is 16.0 Å². The van der Waals surface area contributed by atoms with E-state index in [9.17, 15) is 14.9 Å². The Labute approximate surface area is 112 Å². The summed E-state index contributed by atoms with van der Waals surface area (Å²) in [7, 11) is 0. The Morgan fingerprint density at radius 3 is 2.84 bits per heavy atom. The molecule has 1 aromatic rings. The number of anilines is 1. The number of hydrogen-bond acceptors (Lipinski definition) is 3. The van der Waals surface area contributed by atoms with E-state index in [1.807, 2.05) is 0 Å². The summed E-state index contributed by atoms with van der Waals surface area (Å²) in [6.07, 6.45) is 2.13. The number of hydrogen-bond donors (Lipinski definition) is 0. The van der Waals surface area contributed by atoms with Crippen LogP contribution in [-0.2, 0) is 11.2 Å². The second kappa shape index (κ2) is 5.38. The van der Waals surface area contributed by atoms with Crippen LogP contribution < -0.4 is 4.90 Å². The lowest BCUT2D eigenvalue weighted by molar-refractivity contribution is -0.384. The van der Waals surface area contributed by atoms with Gasteiger partial charge in [-0.3, -0.25) is 14.9 Å². The van der Waals surface area contributed by atoms with E-state index in [1.165, 1.54) is 12.1 Å². The van der Waals surface area contributed by atoms with Gasteiger partial charge in [-0.25, -0.2) is 0 Å². The predicted octanol–water partition coefficient (Wildman–Crippen LogP) is 2.92. The quantitative estimate of drug-likeness (QED) is 0.619. The molecule has 0 radical (unpaired) electrons. The molecule has 1 heterocycles. The first kappa shape index (κ1) is 13.5. The van der Waals surface area contributed by atoms with Gasteiger partial charge in [-0.2, -0.15) is 0 Å². The first-order valence-corrected chi connectivity index (χ1v) is 6.56. The summed E-state index contributed by atoms with van der Waals surface area (Å²) < 4.78 is 0. The van der Waals surface area contributed by atoms with Crippen molar-refractivity contribution in [2.45, 2.75) is 33.1 Å². The molecule has 0 unspecified atom stereocenters. The van der Waals surface area contributed by atoms with E-state index in [0.29, 0.717) is 24.6 Å². The van der Waals surface area contributed by atoms with Crippen molar-refractivity contribution >= 4 is 17.3 Å². The minimum absolute atomic E-state index is 0.0438. The highest BCUT2D eigenvalue weighted by Crippen LogP contribution is 2.32. The van der Waals surface area contributed by atoms with Crippen LogP contribution in [0.1, 0.15) is 32.3 Å². The highest BCUT2D eigenvalue weighted by molar-refractivity contribution is 5.95. The van der Waals surface area contributed by atoms with E-state index >= 15 is 0 Å². The topological polar surface area (TPSA) is 63.5 Å². The first-order valence-electron chi connectivity index (χ1n) is 6.56. The van der Waals surface area contributed by atoms with Crippen LogP contribution >= 0.6 is 0 Å². The first-order chi connectivity index (χ1) is 8.99. The van der Waals surface area contributed by atoms with Gasteiger partial charge in [0.2, 0.25) is 5.91 Å². The Balaban J connectivity index is 2.18. The van der Waals surface area contributed by atoms with Crippen LogP contribution in [0.5, 0.6) is 0 Å². The maximum absolute atomic E-state index is 12.1. The van der Waals surface area contributed by atoms with Gasteiger partial charge in [0.05, 0.1) is 10.6 Å². The maximum Gasteiger partial charge on any atom is 0.271 e. The highest BCUT2D eigenvalue weighted by Gasteiger charge is 2.26. The second-order valence-corrected chi connectivity index (χ2v) is 5.30. The summed E-state index contributed by atoms with van der Waals surface area (Å²) in [4.78, 5) is 24.2. The fraction of sp³-hybridized carbons (Fsp3) is 0.500. The van der Waals surface area contributed by atoms with Crippen molar-refractivity contribution in [1.82, 2.24) is 0 Å². The van der Waals surface area contributed by atoms with Crippen LogP contribution in [-0.4, -0.2) is 17.4 Å². The number of non-ortho nitro benzene ring substituents is 1. The fourth-order valence-electron chi connectivity index (χ4n) is 2.29. The van der Waals surface area contributed by atoms with E-state index in [2.05, 4.69) is 13.8 Å². The SMILES string of the molecule is CC(C)CCC(=O)N1CCc2ccc([N+](=O)[O-])cc21. The van der Waals surface area contributed by atoms with Gasteiger partial charge in [-0.15, -0.1) is 0 Å². The van der Waals surface area contributed by atoms with Crippen LogP contribution in [0.2, 0.25) is 0 Å². The lowest BCUT2D eigenvalue weighted by Crippen LogP contribution is -2.28. The minimum Gasteiger partial charge on any atom is -0.312 e.